The lowest BCUT2D eigenvalue weighted by Crippen LogP contribution is -2.35. The Bertz CT molecular complexity index is 418. The molecule has 0 radical (unpaired) electrons. The van der Waals surface area contributed by atoms with E-state index in [1.165, 1.54) is 5.56 Å². The van der Waals surface area contributed by atoms with Gasteiger partial charge in [0.25, 0.3) is 0 Å². The number of hydrogen-bond donors (Lipinski definition) is 1. The third-order valence-corrected chi connectivity index (χ3v) is 2.99. The van der Waals surface area contributed by atoms with E-state index in [0.717, 1.165) is 12.8 Å². The molecule has 1 amide bonds. The van der Waals surface area contributed by atoms with Gasteiger partial charge >= 0.3 is 0 Å². The first-order valence-corrected chi connectivity index (χ1v) is 6.73. The van der Waals surface area contributed by atoms with Crippen molar-refractivity contribution in [1.29, 1.82) is 0 Å². The molecule has 0 bridgehead atoms. The molecular weight excluding hydrogens is 238 g/mol. The van der Waals surface area contributed by atoms with E-state index in [0.29, 0.717) is 6.42 Å². The SMILES string of the molecule is CC(C)(C)C(=O)CNC(=O)CCCc1ccccc1. The molecule has 1 rings (SSSR count). The maximum atomic E-state index is 11.6. The van der Waals surface area contributed by atoms with Crippen LogP contribution in [0.5, 0.6) is 0 Å². The minimum Gasteiger partial charge on any atom is -0.349 e. The van der Waals surface area contributed by atoms with E-state index >= 15 is 0 Å². The first-order chi connectivity index (χ1) is 8.89. The molecule has 0 spiro atoms. The molecule has 0 fully saturated rings. The second-order valence-electron chi connectivity index (χ2n) is 5.79. The summed E-state index contributed by atoms with van der Waals surface area (Å²) in [5, 5.41) is 2.69. The van der Waals surface area contributed by atoms with Crippen LogP contribution in [0.2, 0.25) is 0 Å². The number of benzene rings is 1. The van der Waals surface area contributed by atoms with E-state index in [1.807, 2.05) is 39.0 Å². The molecule has 3 heteroatoms. The second kappa shape index (κ2) is 7.07. The smallest absolute Gasteiger partial charge is 0.220 e. The Morgan fingerprint density at radius 3 is 2.32 bits per heavy atom. The quantitative estimate of drug-likeness (QED) is 0.856. The third kappa shape index (κ3) is 6.18. The largest absolute Gasteiger partial charge is 0.349 e. The fourth-order valence-electron chi connectivity index (χ4n) is 1.63. The lowest BCUT2D eigenvalue weighted by molar-refractivity contribution is -0.129. The Morgan fingerprint density at radius 1 is 1.11 bits per heavy atom. The molecule has 0 aliphatic heterocycles. The van der Waals surface area contributed by atoms with E-state index in [-0.39, 0.29) is 18.2 Å². The van der Waals surface area contributed by atoms with Crippen LogP contribution in [0.1, 0.15) is 39.2 Å². The van der Waals surface area contributed by atoms with Gasteiger partial charge in [0.2, 0.25) is 5.91 Å². The van der Waals surface area contributed by atoms with E-state index < -0.39 is 5.41 Å². The summed E-state index contributed by atoms with van der Waals surface area (Å²) < 4.78 is 0. The molecule has 0 atom stereocenters. The van der Waals surface area contributed by atoms with Gasteiger partial charge in [0.15, 0.2) is 5.78 Å². The van der Waals surface area contributed by atoms with Gasteiger partial charge in [-0.2, -0.15) is 0 Å². The molecule has 1 aromatic rings. The van der Waals surface area contributed by atoms with E-state index in [4.69, 9.17) is 0 Å². The summed E-state index contributed by atoms with van der Waals surface area (Å²) in [4.78, 5) is 23.3. The monoisotopic (exact) mass is 261 g/mol. The average molecular weight is 261 g/mol. The summed E-state index contributed by atoms with van der Waals surface area (Å²) in [6.45, 7) is 5.71. The molecular formula is C16H23NO2. The van der Waals surface area contributed by atoms with Crippen molar-refractivity contribution in [2.45, 2.75) is 40.0 Å². The highest BCUT2D eigenvalue weighted by molar-refractivity contribution is 5.89. The summed E-state index contributed by atoms with van der Waals surface area (Å²) in [6, 6.07) is 10.1. The lowest BCUT2D eigenvalue weighted by Gasteiger charge is -2.16. The van der Waals surface area contributed by atoms with Gasteiger partial charge in [-0.05, 0) is 18.4 Å². The van der Waals surface area contributed by atoms with Crippen LogP contribution in [0.3, 0.4) is 0 Å². The van der Waals surface area contributed by atoms with Crippen molar-refractivity contribution in [2.75, 3.05) is 6.54 Å². The second-order valence-corrected chi connectivity index (χ2v) is 5.79. The van der Waals surface area contributed by atoms with E-state index in [9.17, 15) is 9.59 Å². The average Bonchev–Trinajstić information content (AvgIpc) is 2.36. The Morgan fingerprint density at radius 2 is 1.74 bits per heavy atom. The van der Waals surface area contributed by atoms with Crippen LogP contribution in [0.25, 0.3) is 0 Å². The number of hydrogen-bond acceptors (Lipinski definition) is 2. The molecule has 0 heterocycles. The van der Waals surface area contributed by atoms with Gasteiger partial charge in [-0.3, -0.25) is 9.59 Å². The Kier molecular flexibility index (Phi) is 5.74. The molecule has 0 aromatic heterocycles. The van der Waals surface area contributed by atoms with E-state index in [2.05, 4.69) is 17.4 Å². The fraction of sp³-hybridized carbons (Fsp3) is 0.500. The summed E-state index contributed by atoms with van der Waals surface area (Å²) >= 11 is 0. The summed E-state index contributed by atoms with van der Waals surface area (Å²) in [5.41, 5.74) is 0.846. The standard InChI is InChI=1S/C16H23NO2/c1-16(2,3)14(18)12-17-15(19)11-7-10-13-8-5-4-6-9-13/h4-6,8-9H,7,10-12H2,1-3H3,(H,17,19). The highest BCUT2D eigenvalue weighted by Gasteiger charge is 2.21. The van der Waals surface area contributed by atoms with Crippen LogP contribution in [-0.2, 0) is 16.0 Å². The summed E-state index contributed by atoms with van der Waals surface area (Å²) in [6.07, 6.45) is 2.16. The van der Waals surface area contributed by atoms with Gasteiger partial charge in [0.1, 0.15) is 0 Å². The van der Waals surface area contributed by atoms with Crippen molar-refractivity contribution >= 4 is 11.7 Å². The van der Waals surface area contributed by atoms with Crippen molar-refractivity contribution in [3.05, 3.63) is 35.9 Å². The highest BCUT2D eigenvalue weighted by atomic mass is 16.2. The highest BCUT2D eigenvalue weighted by Crippen LogP contribution is 2.13. The normalized spacial score (nSPS) is 11.1. The predicted octanol–water partition coefficient (Wildman–Crippen LogP) is 2.74. The van der Waals surface area contributed by atoms with Crippen molar-refractivity contribution in [3.63, 3.8) is 0 Å². The Hall–Kier alpha value is -1.64. The number of carbonyl (C=O) groups is 2. The van der Waals surface area contributed by atoms with Crippen LogP contribution < -0.4 is 5.32 Å². The maximum absolute atomic E-state index is 11.6. The molecule has 0 saturated carbocycles. The third-order valence-electron chi connectivity index (χ3n) is 2.99. The topological polar surface area (TPSA) is 46.2 Å². The molecule has 19 heavy (non-hydrogen) atoms. The van der Waals surface area contributed by atoms with Gasteiger partial charge in [-0.1, -0.05) is 51.1 Å². The minimum atomic E-state index is -0.392. The van der Waals surface area contributed by atoms with Crippen LogP contribution in [0.15, 0.2) is 30.3 Å². The van der Waals surface area contributed by atoms with Crippen molar-refractivity contribution in [1.82, 2.24) is 5.32 Å². The number of nitrogens with one attached hydrogen (secondary N) is 1. The van der Waals surface area contributed by atoms with Crippen LogP contribution in [0, 0.1) is 5.41 Å². The van der Waals surface area contributed by atoms with Crippen LogP contribution in [0.4, 0.5) is 0 Å². The predicted molar refractivity (Wildman–Crippen MR) is 76.9 cm³/mol. The van der Waals surface area contributed by atoms with Gasteiger partial charge in [-0.25, -0.2) is 0 Å². The number of carbonyl (C=O) groups excluding carboxylic acids is 2. The van der Waals surface area contributed by atoms with Crippen molar-refractivity contribution in [3.8, 4) is 0 Å². The Labute approximate surface area is 115 Å². The molecule has 1 N–H and O–H groups in total. The number of rotatable bonds is 6. The van der Waals surface area contributed by atoms with Gasteiger partial charge in [0, 0.05) is 11.8 Å². The fourth-order valence-corrected chi connectivity index (χ4v) is 1.63. The summed E-state index contributed by atoms with van der Waals surface area (Å²) in [7, 11) is 0. The molecule has 0 unspecified atom stereocenters. The van der Waals surface area contributed by atoms with Crippen molar-refractivity contribution < 1.29 is 9.59 Å². The molecule has 0 saturated heterocycles. The van der Waals surface area contributed by atoms with Crippen LogP contribution in [-0.4, -0.2) is 18.2 Å². The molecule has 0 aliphatic carbocycles. The molecule has 104 valence electrons. The zero-order chi connectivity index (χ0) is 14.3. The van der Waals surface area contributed by atoms with Gasteiger partial charge in [-0.15, -0.1) is 0 Å². The maximum Gasteiger partial charge on any atom is 0.220 e. The molecule has 0 aliphatic rings. The Balaban J connectivity index is 2.20. The number of ketones is 1. The number of Topliss-reactive ketones (excluding diaryl/α,β-unsaturated/α-hetero) is 1. The molecule has 1 aromatic carbocycles. The summed E-state index contributed by atoms with van der Waals surface area (Å²) in [5.74, 6) is 0.0115. The van der Waals surface area contributed by atoms with Gasteiger partial charge in [0.05, 0.1) is 6.54 Å². The van der Waals surface area contributed by atoms with E-state index in [1.54, 1.807) is 0 Å². The molecule has 3 nitrogen and oxygen atoms in total. The van der Waals surface area contributed by atoms with Crippen LogP contribution >= 0.6 is 0 Å². The minimum absolute atomic E-state index is 0.0477. The van der Waals surface area contributed by atoms with Crippen molar-refractivity contribution in [2.24, 2.45) is 5.41 Å². The van der Waals surface area contributed by atoms with Gasteiger partial charge < -0.3 is 5.32 Å². The number of aryl methyl sites for hydroxylation is 1. The first-order valence-electron chi connectivity index (χ1n) is 6.73. The zero-order valence-electron chi connectivity index (χ0n) is 12.0. The number of amides is 1. The zero-order valence-corrected chi connectivity index (χ0v) is 12.0. The lowest BCUT2D eigenvalue weighted by atomic mass is 9.91. The first kappa shape index (κ1) is 15.4.